The minimum atomic E-state index is -0.864. The first-order valence-electron chi connectivity index (χ1n) is 14.7. The van der Waals surface area contributed by atoms with E-state index in [-0.39, 0.29) is 67.0 Å². The number of hydrogen-bond acceptors (Lipinski definition) is 9. The van der Waals surface area contributed by atoms with E-state index in [0.717, 1.165) is 5.56 Å². The molecular weight excluding hydrogens is 646 g/mol. The molecule has 2 aromatic rings. The highest BCUT2D eigenvalue weighted by molar-refractivity contribution is 8.93. The molecule has 3 N–H and O–H groups in total. The van der Waals surface area contributed by atoms with Gasteiger partial charge in [-0.05, 0) is 49.8 Å². The van der Waals surface area contributed by atoms with E-state index in [4.69, 9.17) is 30.0 Å². The monoisotopic (exact) mass is 687 g/mol. The van der Waals surface area contributed by atoms with E-state index in [1.54, 1.807) is 30.0 Å². The van der Waals surface area contributed by atoms with Crippen LogP contribution in [0.1, 0.15) is 97.5 Å². The lowest BCUT2D eigenvalue weighted by Crippen LogP contribution is -2.31. The lowest BCUT2D eigenvalue weighted by molar-refractivity contribution is -0.137. The molecule has 1 aromatic heterocycles. The normalized spacial score (nSPS) is 12.1. The number of unbranched alkanes of at least 4 members (excludes halogenated alkanes) is 2. The molecular formula is C32H42BrN5O7. The number of pyridine rings is 1. The van der Waals surface area contributed by atoms with Crippen molar-refractivity contribution in [1.29, 1.82) is 10.7 Å². The summed E-state index contributed by atoms with van der Waals surface area (Å²) in [5, 5.41) is 29.1. The molecule has 244 valence electrons. The van der Waals surface area contributed by atoms with Crippen LogP contribution in [0, 0.1) is 16.7 Å². The number of carbonyl (C=O) groups excluding carboxylic acids is 2. The Morgan fingerprint density at radius 1 is 1.09 bits per heavy atom. The SMILES string of the molecule is Br.CCOc1cc2c(nc1C(=O)NC)C(=N)N(CC(=O)c1cc(OCCCC#N)c(OCCCCC(=O)O)c(C(C)(C)C)c1)C2. The number of ether oxygens (including phenoxy) is 3. The van der Waals surface area contributed by atoms with Crippen molar-refractivity contribution in [2.45, 2.75) is 71.8 Å². The van der Waals surface area contributed by atoms with Crippen LogP contribution in [0.4, 0.5) is 0 Å². The van der Waals surface area contributed by atoms with Crippen LogP contribution in [-0.4, -0.2) is 71.9 Å². The van der Waals surface area contributed by atoms with Crippen molar-refractivity contribution >= 4 is 40.5 Å². The molecule has 0 bridgehead atoms. The Labute approximate surface area is 274 Å². The van der Waals surface area contributed by atoms with E-state index in [1.807, 2.05) is 20.8 Å². The van der Waals surface area contributed by atoms with Gasteiger partial charge in [-0.3, -0.25) is 19.8 Å². The standard InChI is InChI=1S/C32H41N5O7.BrH/c1-6-42-24-17-21-18-37(30(34)27(21)36-28(24)31(41)35-5)19-23(38)20-15-22(32(2,3)4)29(44-14-9-7-11-26(39)40)25(16-20)43-13-10-8-12-33;/h15-17,34H,6-11,13-14,18-19H2,1-5H3,(H,35,41)(H,39,40);1H. The van der Waals surface area contributed by atoms with Crippen LogP contribution in [-0.2, 0) is 16.8 Å². The molecule has 0 unspecified atom stereocenters. The number of halogens is 1. The van der Waals surface area contributed by atoms with Gasteiger partial charge < -0.3 is 29.5 Å². The zero-order chi connectivity index (χ0) is 32.4. The Bertz CT molecular complexity index is 1450. The number of ketones is 1. The fraction of sp³-hybridized carbons (Fsp3) is 0.500. The Hall–Kier alpha value is -4.18. The van der Waals surface area contributed by atoms with Crippen molar-refractivity contribution in [2.24, 2.45) is 0 Å². The first-order valence-corrected chi connectivity index (χ1v) is 14.7. The highest BCUT2D eigenvalue weighted by Gasteiger charge is 2.32. The molecule has 0 saturated heterocycles. The maximum absolute atomic E-state index is 13.7. The topological polar surface area (TPSA) is 175 Å². The molecule has 1 aliphatic heterocycles. The van der Waals surface area contributed by atoms with Gasteiger partial charge in [0.1, 0.15) is 11.5 Å². The summed E-state index contributed by atoms with van der Waals surface area (Å²) in [6, 6.07) is 7.19. The van der Waals surface area contributed by atoms with Crippen LogP contribution in [0.15, 0.2) is 18.2 Å². The number of hydrogen-bond donors (Lipinski definition) is 3. The van der Waals surface area contributed by atoms with Crippen molar-refractivity contribution in [1.82, 2.24) is 15.2 Å². The average Bonchev–Trinajstić information content (AvgIpc) is 3.27. The Morgan fingerprint density at radius 3 is 2.42 bits per heavy atom. The number of aromatic nitrogens is 1. The minimum Gasteiger partial charge on any atom is -0.491 e. The second-order valence-corrected chi connectivity index (χ2v) is 11.4. The van der Waals surface area contributed by atoms with Crippen LogP contribution in [0.25, 0.3) is 0 Å². The minimum absolute atomic E-state index is 0. The lowest BCUT2D eigenvalue weighted by atomic mass is 9.84. The van der Waals surface area contributed by atoms with E-state index in [9.17, 15) is 14.4 Å². The Kier molecular flexibility index (Phi) is 13.8. The Morgan fingerprint density at radius 2 is 1.80 bits per heavy atom. The van der Waals surface area contributed by atoms with Gasteiger partial charge in [0.25, 0.3) is 5.91 Å². The van der Waals surface area contributed by atoms with Crippen molar-refractivity contribution in [3.63, 3.8) is 0 Å². The number of nitriles is 1. The third-order valence-electron chi connectivity index (χ3n) is 6.95. The summed E-state index contributed by atoms with van der Waals surface area (Å²) in [5.41, 5.74) is 1.77. The first-order chi connectivity index (χ1) is 20.9. The molecule has 0 atom stereocenters. The van der Waals surface area contributed by atoms with Crippen LogP contribution in [0.3, 0.4) is 0 Å². The van der Waals surface area contributed by atoms with Crippen LogP contribution in [0.5, 0.6) is 17.2 Å². The van der Waals surface area contributed by atoms with E-state index < -0.39 is 17.3 Å². The quantitative estimate of drug-likeness (QED) is 0.160. The molecule has 12 nitrogen and oxygen atoms in total. The molecule has 13 heteroatoms. The van der Waals surface area contributed by atoms with Crippen molar-refractivity contribution in [2.75, 3.05) is 33.4 Å². The molecule has 45 heavy (non-hydrogen) atoms. The zero-order valence-electron chi connectivity index (χ0n) is 26.4. The van der Waals surface area contributed by atoms with E-state index in [2.05, 4.69) is 16.4 Å². The molecule has 3 rings (SSSR count). The second-order valence-electron chi connectivity index (χ2n) is 11.4. The van der Waals surface area contributed by atoms with E-state index >= 15 is 0 Å². The number of nitrogens with zero attached hydrogens (tertiary/aromatic N) is 3. The molecule has 0 spiro atoms. The number of aliphatic carboxylic acids is 1. The Balaban J connectivity index is 0.00000705. The van der Waals surface area contributed by atoms with E-state index in [0.29, 0.717) is 66.4 Å². The number of amides is 1. The lowest BCUT2D eigenvalue weighted by Gasteiger charge is -2.26. The summed E-state index contributed by atoms with van der Waals surface area (Å²) in [6.45, 7) is 8.78. The van der Waals surface area contributed by atoms with E-state index in [1.165, 1.54) is 7.05 Å². The number of carboxylic acids is 1. The predicted molar refractivity (Wildman–Crippen MR) is 173 cm³/mol. The van der Waals surface area contributed by atoms with Gasteiger partial charge >= 0.3 is 5.97 Å². The van der Waals surface area contributed by atoms with Gasteiger partial charge in [-0.2, -0.15) is 5.26 Å². The van der Waals surface area contributed by atoms with Gasteiger partial charge in [-0.1, -0.05) is 20.8 Å². The molecule has 1 aliphatic rings. The number of fused-ring (bicyclic) bond motifs is 1. The highest BCUT2D eigenvalue weighted by Crippen LogP contribution is 2.40. The number of nitrogens with one attached hydrogen (secondary N) is 2. The van der Waals surface area contributed by atoms with Gasteiger partial charge in [0.2, 0.25) is 0 Å². The summed E-state index contributed by atoms with van der Waals surface area (Å²) in [4.78, 5) is 43.1. The summed E-state index contributed by atoms with van der Waals surface area (Å²) in [7, 11) is 1.49. The van der Waals surface area contributed by atoms with Crippen LogP contribution < -0.4 is 19.5 Å². The second kappa shape index (κ2) is 16.8. The van der Waals surface area contributed by atoms with Gasteiger partial charge in [0, 0.05) is 43.1 Å². The molecule has 0 radical (unpaired) electrons. The number of rotatable bonds is 16. The largest absolute Gasteiger partial charge is 0.491 e. The summed E-state index contributed by atoms with van der Waals surface area (Å²) in [5.74, 6) is -0.340. The summed E-state index contributed by atoms with van der Waals surface area (Å²) >= 11 is 0. The van der Waals surface area contributed by atoms with Gasteiger partial charge in [0.15, 0.2) is 28.7 Å². The van der Waals surface area contributed by atoms with Crippen molar-refractivity contribution < 1.29 is 33.7 Å². The molecule has 2 heterocycles. The van der Waals surface area contributed by atoms with Gasteiger partial charge in [-0.25, -0.2) is 4.98 Å². The number of carbonyl (C=O) groups is 3. The highest BCUT2D eigenvalue weighted by atomic mass is 79.9. The number of carboxylic acid groups (broad SMARTS) is 1. The van der Waals surface area contributed by atoms with Gasteiger partial charge in [0.05, 0.1) is 32.4 Å². The zero-order valence-corrected chi connectivity index (χ0v) is 28.2. The fourth-order valence-corrected chi connectivity index (χ4v) is 4.70. The molecule has 1 amide bonds. The average molecular weight is 689 g/mol. The maximum atomic E-state index is 13.7. The van der Waals surface area contributed by atoms with Crippen molar-refractivity contribution in [3.05, 3.63) is 46.3 Å². The summed E-state index contributed by atoms with van der Waals surface area (Å²) in [6.07, 6.45) is 1.85. The first kappa shape index (κ1) is 37.0. The third kappa shape index (κ3) is 9.65. The summed E-state index contributed by atoms with van der Waals surface area (Å²) < 4.78 is 17.8. The number of Topliss-reactive ketones (excluding diaryl/α,β-unsaturated/α-hetero) is 1. The number of benzene rings is 1. The van der Waals surface area contributed by atoms with Gasteiger partial charge in [-0.15, -0.1) is 17.0 Å². The fourth-order valence-electron chi connectivity index (χ4n) is 4.70. The van der Waals surface area contributed by atoms with Crippen LogP contribution >= 0.6 is 17.0 Å². The van der Waals surface area contributed by atoms with Crippen LogP contribution in [0.2, 0.25) is 0 Å². The molecule has 0 saturated carbocycles. The molecule has 1 aromatic carbocycles. The predicted octanol–water partition coefficient (Wildman–Crippen LogP) is 5.06. The van der Waals surface area contributed by atoms with Crippen molar-refractivity contribution in [3.8, 4) is 23.3 Å². The molecule has 0 fully saturated rings. The number of amidine groups is 1. The maximum Gasteiger partial charge on any atom is 0.303 e. The third-order valence-corrected chi connectivity index (χ3v) is 6.95. The molecule has 0 aliphatic carbocycles. The smallest absolute Gasteiger partial charge is 0.303 e.